The van der Waals surface area contributed by atoms with Crippen LogP contribution in [0.3, 0.4) is 0 Å². The number of carboxylic acid groups (broad SMARTS) is 1. The highest BCUT2D eigenvalue weighted by atomic mass is 32.2. The molecule has 0 aliphatic heterocycles. The van der Waals surface area contributed by atoms with Crippen molar-refractivity contribution in [2.45, 2.75) is 30.7 Å². The lowest BCUT2D eigenvalue weighted by molar-refractivity contribution is -0.142. The molecule has 0 spiro atoms. The summed E-state index contributed by atoms with van der Waals surface area (Å²) < 4.78 is 31.7. The van der Waals surface area contributed by atoms with Crippen LogP contribution in [0.1, 0.15) is 19.8 Å². The molecule has 0 saturated heterocycles. The van der Waals surface area contributed by atoms with Crippen molar-refractivity contribution in [3.05, 3.63) is 30.3 Å². The van der Waals surface area contributed by atoms with Gasteiger partial charge in [0.05, 0.1) is 4.90 Å². The minimum atomic E-state index is -3.55. The number of carboxylic acids is 1. The summed E-state index contributed by atoms with van der Waals surface area (Å²) in [6.45, 7) is 1.68. The summed E-state index contributed by atoms with van der Waals surface area (Å²) in [6, 6.07) is 7.83. The predicted octanol–water partition coefficient (Wildman–Crippen LogP) is 1.23. The summed E-state index contributed by atoms with van der Waals surface area (Å²) >= 11 is 0. The smallest absolute Gasteiger partial charge is 0.329 e. The largest absolute Gasteiger partial charge is 0.480 e. The Kier molecular flexibility index (Phi) is 6.63. The van der Waals surface area contributed by atoms with Gasteiger partial charge in [-0.2, -0.15) is 0 Å². The van der Waals surface area contributed by atoms with Crippen LogP contribution in [0.15, 0.2) is 35.2 Å². The minimum absolute atomic E-state index is 0.197. The van der Waals surface area contributed by atoms with E-state index in [1.54, 1.807) is 18.2 Å². The van der Waals surface area contributed by atoms with E-state index < -0.39 is 16.0 Å². The molecule has 7 heteroatoms. The second kappa shape index (κ2) is 7.98. The van der Waals surface area contributed by atoms with Gasteiger partial charge in [-0.05, 0) is 25.0 Å². The van der Waals surface area contributed by atoms with Crippen LogP contribution >= 0.6 is 0 Å². The average Bonchev–Trinajstić information content (AvgIpc) is 2.43. The summed E-state index contributed by atoms with van der Waals surface area (Å²) in [5.41, 5.74) is 0. The Bertz CT molecular complexity index is 515. The monoisotopic (exact) mass is 301 g/mol. The lowest BCUT2D eigenvalue weighted by atomic mass is 10.2. The van der Waals surface area contributed by atoms with E-state index >= 15 is 0 Å². The molecule has 0 saturated carbocycles. The van der Waals surface area contributed by atoms with E-state index in [9.17, 15) is 13.2 Å². The third kappa shape index (κ3) is 5.68. The Hall–Kier alpha value is -1.44. The van der Waals surface area contributed by atoms with Gasteiger partial charge in [0.2, 0.25) is 10.0 Å². The minimum Gasteiger partial charge on any atom is -0.480 e. The highest BCUT2D eigenvalue weighted by Crippen LogP contribution is 2.10. The number of benzene rings is 1. The van der Waals surface area contributed by atoms with Gasteiger partial charge >= 0.3 is 5.97 Å². The molecule has 1 aromatic carbocycles. The van der Waals surface area contributed by atoms with Crippen LogP contribution in [-0.4, -0.2) is 38.7 Å². The molecule has 0 aliphatic carbocycles. The zero-order valence-corrected chi connectivity index (χ0v) is 12.1. The average molecular weight is 301 g/mol. The van der Waals surface area contributed by atoms with Crippen molar-refractivity contribution in [3.63, 3.8) is 0 Å². The Labute approximate surface area is 118 Å². The van der Waals surface area contributed by atoms with Crippen molar-refractivity contribution in [2.24, 2.45) is 0 Å². The van der Waals surface area contributed by atoms with Crippen molar-refractivity contribution < 1.29 is 23.1 Å². The van der Waals surface area contributed by atoms with Crippen molar-refractivity contribution >= 4 is 16.0 Å². The summed E-state index contributed by atoms with van der Waals surface area (Å²) in [6.07, 6.45) is 1.03. The lowest BCUT2D eigenvalue weighted by Gasteiger charge is -2.16. The molecule has 20 heavy (non-hydrogen) atoms. The molecule has 0 amide bonds. The fraction of sp³-hybridized carbons (Fsp3) is 0.462. The molecule has 0 fully saturated rings. The van der Waals surface area contributed by atoms with Crippen LogP contribution in [0.5, 0.6) is 0 Å². The van der Waals surface area contributed by atoms with Gasteiger partial charge in [0, 0.05) is 12.6 Å². The number of carbonyl (C=O) groups is 1. The Morgan fingerprint density at radius 2 is 2.00 bits per heavy atom. The van der Waals surface area contributed by atoms with Gasteiger partial charge < -0.3 is 9.84 Å². The van der Waals surface area contributed by atoms with E-state index in [0.717, 1.165) is 0 Å². The van der Waals surface area contributed by atoms with Gasteiger partial charge in [0.1, 0.15) is 6.61 Å². The molecule has 112 valence electrons. The molecule has 1 aromatic rings. The van der Waals surface area contributed by atoms with Crippen LogP contribution < -0.4 is 4.72 Å². The van der Waals surface area contributed by atoms with Crippen LogP contribution in [0.4, 0.5) is 0 Å². The fourth-order valence-electron chi connectivity index (χ4n) is 1.62. The molecule has 0 heterocycles. The highest BCUT2D eigenvalue weighted by molar-refractivity contribution is 7.89. The SMILES string of the molecule is CCC(CCOCC(=O)O)NS(=O)(=O)c1ccccc1. The first-order valence-corrected chi connectivity index (χ1v) is 7.81. The fourth-order valence-corrected chi connectivity index (χ4v) is 2.99. The van der Waals surface area contributed by atoms with Crippen molar-refractivity contribution in [1.82, 2.24) is 4.72 Å². The van der Waals surface area contributed by atoms with E-state index in [4.69, 9.17) is 9.84 Å². The first kappa shape index (κ1) is 16.6. The van der Waals surface area contributed by atoms with Gasteiger partial charge in [0.25, 0.3) is 0 Å². The Morgan fingerprint density at radius 3 is 2.55 bits per heavy atom. The summed E-state index contributed by atoms with van der Waals surface area (Å²) in [7, 11) is -3.55. The molecule has 1 unspecified atom stereocenters. The first-order chi connectivity index (χ1) is 9.45. The summed E-state index contributed by atoms with van der Waals surface area (Å²) in [5.74, 6) is -1.04. The molecule has 0 aromatic heterocycles. The molecule has 2 N–H and O–H groups in total. The Morgan fingerprint density at radius 1 is 1.35 bits per heavy atom. The van der Waals surface area contributed by atoms with Crippen LogP contribution in [0.25, 0.3) is 0 Å². The van der Waals surface area contributed by atoms with Gasteiger partial charge in [-0.25, -0.2) is 17.9 Å². The standard InChI is InChI=1S/C13H19NO5S/c1-2-11(8-9-19-10-13(15)16)14-20(17,18)12-6-4-3-5-7-12/h3-7,11,14H,2,8-10H2,1H3,(H,15,16). The topological polar surface area (TPSA) is 92.7 Å². The second-order valence-corrected chi connectivity index (χ2v) is 5.99. The number of sulfonamides is 1. The molecule has 1 rings (SSSR count). The third-order valence-corrected chi connectivity index (χ3v) is 4.24. The number of nitrogens with one attached hydrogen (secondary N) is 1. The highest BCUT2D eigenvalue weighted by Gasteiger charge is 2.18. The van der Waals surface area contributed by atoms with E-state index in [-0.39, 0.29) is 24.2 Å². The molecular weight excluding hydrogens is 282 g/mol. The third-order valence-electron chi connectivity index (χ3n) is 2.70. The summed E-state index contributed by atoms with van der Waals surface area (Å²) in [4.78, 5) is 10.5. The molecule has 6 nitrogen and oxygen atoms in total. The zero-order valence-electron chi connectivity index (χ0n) is 11.3. The van der Waals surface area contributed by atoms with E-state index in [1.807, 2.05) is 6.92 Å². The zero-order chi connectivity index (χ0) is 15.0. The van der Waals surface area contributed by atoms with Crippen molar-refractivity contribution in [3.8, 4) is 0 Å². The summed E-state index contributed by atoms with van der Waals surface area (Å²) in [5, 5.41) is 8.43. The molecule has 0 bridgehead atoms. The maximum atomic E-state index is 12.1. The van der Waals surface area contributed by atoms with Gasteiger partial charge in [0.15, 0.2) is 0 Å². The van der Waals surface area contributed by atoms with Gasteiger partial charge in [-0.1, -0.05) is 25.1 Å². The maximum absolute atomic E-state index is 12.1. The molecule has 1 atom stereocenters. The van der Waals surface area contributed by atoms with Gasteiger partial charge in [-0.3, -0.25) is 0 Å². The van der Waals surface area contributed by atoms with E-state index in [2.05, 4.69) is 4.72 Å². The first-order valence-electron chi connectivity index (χ1n) is 6.32. The van der Waals surface area contributed by atoms with Crippen LogP contribution in [0, 0.1) is 0 Å². The number of hydrogen-bond acceptors (Lipinski definition) is 4. The number of rotatable bonds is 9. The number of ether oxygens (including phenoxy) is 1. The maximum Gasteiger partial charge on any atom is 0.329 e. The molecular formula is C13H19NO5S. The lowest BCUT2D eigenvalue weighted by Crippen LogP contribution is -2.35. The van der Waals surface area contributed by atoms with Crippen LogP contribution in [-0.2, 0) is 19.6 Å². The molecule has 0 aliphatic rings. The van der Waals surface area contributed by atoms with Crippen LogP contribution in [0.2, 0.25) is 0 Å². The molecule has 0 radical (unpaired) electrons. The van der Waals surface area contributed by atoms with Gasteiger partial charge in [-0.15, -0.1) is 0 Å². The normalized spacial score (nSPS) is 13.1. The van der Waals surface area contributed by atoms with E-state index in [1.165, 1.54) is 12.1 Å². The van der Waals surface area contributed by atoms with Crippen molar-refractivity contribution in [1.29, 1.82) is 0 Å². The van der Waals surface area contributed by atoms with Crippen molar-refractivity contribution in [2.75, 3.05) is 13.2 Å². The number of hydrogen-bond donors (Lipinski definition) is 2. The number of aliphatic carboxylic acids is 1. The quantitative estimate of drug-likeness (QED) is 0.669. The predicted molar refractivity (Wildman–Crippen MR) is 73.9 cm³/mol. The Balaban J connectivity index is 2.53. The van der Waals surface area contributed by atoms with E-state index in [0.29, 0.717) is 12.8 Å². The second-order valence-electron chi connectivity index (χ2n) is 4.27.